The van der Waals surface area contributed by atoms with Gasteiger partial charge in [0.2, 0.25) is 0 Å². The number of carbonyl (C=O) groups is 1. The molecule has 0 bridgehead atoms. The number of fused-ring (bicyclic) bond motifs is 1. The van der Waals surface area contributed by atoms with Gasteiger partial charge in [-0.2, -0.15) is 26.3 Å². The van der Waals surface area contributed by atoms with E-state index >= 15 is 0 Å². The van der Waals surface area contributed by atoms with Gasteiger partial charge in [-0.1, -0.05) is 49.9 Å². The van der Waals surface area contributed by atoms with E-state index < -0.39 is 34.7 Å². The molecule has 2 aromatic carbocycles. The summed E-state index contributed by atoms with van der Waals surface area (Å²) in [6.45, 7) is 15.3. The fourth-order valence-corrected chi connectivity index (χ4v) is 6.13. The number of aliphatic imine (C=N–C) groups is 1. The average molecular weight is 631 g/mol. The number of hydrogen-bond acceptors (Lipinski definition) is 4. The summed E-state index contributed by atoms with van der Waals surface area (Å²) in [5, 5.41) is 6.75. The highest BCUT2D eigenvalue weighted by Gasteiger charge is 2.50. The van der Waals surface area contributed by atoms with E-state index in [0.29, 0.717) is 31.2 Å². The van der Waals surface area contributed by atoms with E-state index in [0.717, 1.165) is 60.9 Å². The van der Waals surface area contributed by atoms with Gasteiger partial charge in [0.05, 0.1) is 28.9 Å². The standard InChI is InChI=1S/C34H36F6N4O/c1-7-27-30(31(45)43(44-16-10-15-32(27,44)6)20-24-12-9-11-21(3)17-24)23(5)42-28-14-13-25(34(38,39)40)19-26(28)29(41-8-2)18-22(4)33(35,36)37/h8-9,11-14,17-19,42H,2,5,7,10,15-16,20H2,1,3-4,6H3/b22-18+,41-29+. The van der Waals surface area contributed by atoms with E-state index in [-0.39, 0.29) is 22.9 Å². The van der Waals surface area contributed by atoms with Crippen LogP contribution in [0.4, 0.5) is 32.0 Å². The van der Waals surface area contributed by atoms with Crippen molar-refractivity contribution in [1.82, 2.24) is 10.0 Å². The highest BCUT2D eigenvalue weighted by molar-refractivity contribution is 6.13. The minimum absolute atomic E-state index is 0.000170. The van der Waals surface area contributed by atoms with Gasteiger partial charge in [0, 0.05) is 35.3 Å². The lowest BCUT2D eigenvalue weighted by atomic mass is 9.81. The maximum atomic E-state index is 14.3. The number of allylic oxidation sites excluding steroid dienone is 2. The molecule has 0 aromatic heterocycles. The third-order valence-corrected chi connectivity index (χ3v) is 8.30. The van der Waals surface area contributed by atoms with Crippen molar-refractivity contribution in [3.05, 3.63) is 113 Å². The first kappa shape index (κ1) is 33.8. The van der Waals surface area contributed by atoms with Gasteiger partial charge in [-0.15, -0.1) is 0 Å². The van der Waals surface area contributed by atoms with Crippen LogP contribution < -0.4 is 5.32 Å². The van der Waals surface area contributed by atoms with E-state index in [2.05, 4.69) is 35.4 Å². The van der Waals surface area contributed by atoms with Crippen molar-refractivity contribution < 1.29 is 31.1 Å². The summed E-state index contributed by atoms with van der Waals surface area (Å²) < 4.78 is 81.7. The predicted octanol–water partition coefficient (Wildman–Crippen LogP) is 8.90. The molecule has 1 fully saturated rings. The molecule has 5 nitrogen and oxygen atoms in total. The molecule has 45 heavy (non-hydrogen) atoms. The van der Waals surface area contributed by atoms with E-state index in [4.69, 9.17) is 0 Å². The lowest BCUT2D eigenvalue weighted by Gasteiger charge is -2.49. The number of hydrazine groups is 1. The van der Waals surface area contributed by atoms with E-state index in [1.54, 1.807) is 5.01 Å². The van der Waals surface area contributed by atoms with Crippen molar-refractivity contribution in [1.29, 1.82) is 0 Å². The average Bonchev–Trinajstić information content (AvgIpc) is 3.35. The van der Waals surface area contributed by atoms with Crippen LogP contribution in [0.5, 0.6) is 0 Å². The molecule has 1 N–H and O–H groups in total. The second-order valence-electron chi connectivity index (χ2n) is 11.4. The normalized spacial score (nSPS) is 20.0. The Kier molecular flexibility index (Phi) is 9.53. The van der Waals surface area contributed by atoms with Crippen LogP contribution in [0.3, 0.4) is 0 Å². The number of aryl methyl sites for hydroxylation is 1. The molecule has 0 spiro atoms. The van der Waals surface area contributed by atoms with Crippen LogP contribution >= 0.6 is 0 Å². The van der Waals surface area contributed by atoms with Gasteiger partial charge >= 0.3 is 12.4 Å². The minimum atomic E-state index is -4.78. The van der Waals surface area contributed by atoms with Gasteiger partial charge in [0.1, 0.15) is 0 Å². The highest BCUT2D eigenvalue weighted by Crippen LogP contribution is 2.45. The van der Waals surface area contributed by atoms with Crippen molar-refractivity contribution in [3.63, 3.8) is 0 Å². The molecule has 2 aromatic rings. The summed E-state index contributed by atoms with van der Waals surface area (Å²) in [6.07, 6.45) is -5.78. The second-order valence-corrected chi connectivity index (χ2v) is 11.4. The van der Waals surface area contributed by atoms with Crippen molar-refractivity contribution in [2.45, 2.75) is 71.4 Å². The largest absolute Gasteiger partial charge is 0.416 e. The number of halogens is 6. The van der Waals surface area contributed by atoms with Crippen molar-refractivity contribution in [3.8, 4) is 0 Å². The molecule has 1 unspecified atom stereocenters. The lowest BCUT2D eigenvalue weighted by molar-refractivity contribution is -0.156. The van der Waals surface area contributed by atoms with Gasteiger partial charge in [-0.05, 0) is 75.4 Å². The molecule has 1 atom stereocenters. The molecule has 0 aliphatic carbocycles. The number of anilines is 1. The van der Waals surface area contributed by atoms with Gasteiger partial charge in [0.25, 0.3) is 5.91 Å². The molecule has 0 saturated carbocycles. The van der Waals surface area contributed by atoms with Gasteiger partial charge < -0.3 is 5.32 Å². The smallest absolute Gasteiger partial charge is 0.355 e. The minimum Gasteiger partial charge on any atom is -0.355 e. The Morgan fingerprint density at radius 1 is 1.13 bits per heavy atom. The summed E-state index contributed by atoms with van der Waals surface area (Å²) in [5.41, 5.74) is -0.112. The topological polar surface area (TPSA) is 47.9 Å². The van der Waals surface area contributed by atoms with Gasteiger partial charge in [-0.3, -0.25) is 14.8 Å². The third kappa shape index (κ3) is 6.93. The van der Waals surface area contributed by atoms with Crippen molar-refractivity contribution >= 4 is 17.3 Å². The van der Waals surface area contributed by atoms with E-state index in [1.165, 1.54) is 0 Å². The Balaban J connectivity index is 1.83. The molecule has 240 valence electrons. The zero-order chi connectivity index (χ0) is 33.3. The monoisotopic (exact) mass is 630 g/mol. The Morgan fingerprint density at radius 3 is 2.44 bits per heavy atom. The molecular weight excluding hydrogens is 594 g/mol. The Hall–Kier alpha value is -4.12. The van der Waals surface area contributed by atoms with E-state index in [1.807, 2.05) is 38.1 Å². The number of nitrogens with one attached hydrogen (secondary N) is 1. The molecule has 1 saturated heterocycles. The molecule has 0 radical (unpaired) electrons. The summed E-state index contributed by atoms with van der Waals surface area (Å²) in [5.74, 6) is -0.327. The Morgan fingerprint density at radius 2 is 1.84 bits per heavy atom. The van der Waals surface area contributed by atoms with Gasteiger partial charge in [-0.25, -0.2) is 5.01 Å². The first-order valence-corrected chi connectivity index (χ1v) is 14.5. The maximum absolute atomic E-state index is 14.3. The maximum Gasteiger partial charge on any atom is 0.416 e. The van der Waals surface area contributed by atoms with Gasteiger partial charge in [0.15, 0.2) is 0 Å². The third-order valence-electron chi connectivity index (χ3n) is 8.30. The highest BCUT2D eigenvalue weighted by atomic mass is 19.4. The van der Waals surface area contributed by atoms with Crippen molar-refractivity contribution in [2.75, 3.05) is 11.9 Å². The van der Waals surface area contributed by atoms with Crippen LogP contribution in [0.2, 0.25) is 0 Å². The number of alkyl halides is 6. The molecule has 2 aliphatic heterocycles. The zero-order valence-corrected chi connectivity index (χ0v) is 25.7. The quantitative estimate of drug-likeness (QED) is 0.222. The number of nitrogens with zero attached hydrogens (tertiary/aromatic N) is 3. The number of amides is 1. The second kappa shape index (κ2) is 12.7. The first-order chi connectivity index (χ1) is 21.0. The summed E-state index contributed by atoms with van der Waals surface area (Å²) in [4.78, 5) is 18.2. The molecular formula is C34H36F6N4O. The number of hydrogen-bond donors (Lipinski definition) is 1. The van der Waals surface area contributed by atoms with Crippen LogP contribution in [0.15, 0.2) is 95.3 Å². The van der Waals surface area contributed by atoms with Crippen LogP contribution in [0, 0.1) is 6.92 Å². The van der Waals surface area contributed by atoms with Crippen LogP contribution in [0.1, 0.15) is 62.3 Å². The van der Waals surface area contributed by atoms with Crippen molar-refractivity contribution in [2.24, 2.45) is 4.99 Å². The zero-order valence-electron chi connectivity index (χ0n) is 25.7. The molecule has 4 rings (SSSR count). The number of rotatable bonds is 9. The Labute approximate surface area is 259 Å². The number of carbonyl (C=O) groups excluding carboxylic acids is 1. The fourth-order valence-electron chi connectivity index (χ4n) is 6.13. The molecule has 1 amide bonds. The lowest BCUT2D eigenvalue weighted by Crippen LogP contribution is -2.59. The summed E-state index contributed by atoms with van der Waals surface area (Å²) in [6, 6.07) is 10.5. The van der Waals surface area contributed by atoms with Crippen LogP contribution in [0.25, 0.3) is 0 Å². The summed E-state index contributed by atoms with van der Waals surface area (Å²) >= 11 is 0. The molecule has 11 heteroatoms. The van der Waals surface area contributed by atoms with Crippen LogP contribution in [-0.2, 0) is 17.5 Å². The van der Waals surface area contributed by atoms with Crippen LogP contribution in [-0.4, -0.2) is 39.9 Å². The predicted molar refractivity (Wildman–Crippen MR) is 164 cm³/mol. The SMILES string of the molecule is C=C/N=C(\C=C(/C)C(F)(F)F)c1cc(C(F)(F)F)ccc1NC(=C)C1=C(CC)C2(C)CCCN2N(Cc2cccc(C)c2)C1=O. The molecule has 2 heterocycles. The summed E-state index contributed by atoms with van der Waals surface area (Å²) in [7, 11) is 0. The fraction of sp³-hybridized carbons (Fsp3) is 0.353. The first-order valence-electron chi connectivity index (χ1n) is 14.5. The molecule has 2 aliphatic rings. The van der Waals surface area contributed by atoms with E-state index in [9.17, 15) is 31.1 Å². The Bertz CT molecular complexity index is 1600. The number of benzene rings is 2.